The van der Waals surface area contributed by atoms with Crippen molar-refractivity contribution in [3.05, 3.63) is 40.4 Å². The quantitative estimate of drug-likeness (QED) is 0.800. The minimum atomic E-state index is 0.196. The molecular formula is C22H30ClN3O2. The largest absolute Gasteiger partial charge is 0.396 e. The zero-order valence-corrected chi connectivity index (χ0v) is 17.5. The number of aromatic nitrogens is 3. The molecule has 6 heteroatoms. The third kappa shape index (κ3) is 4.12. The number of hydrogen-bond donors (Lipinski definition) is 1. The normalized spacial score (nSPS) is 24.7. The fourth-order valence-corrected chi connectivity index (χ4v) is 4.99. The smallest absolute Gasteiger partial charge is 0.140 e. The van der Waals surface area contributed by atoms with Gasteiger partial charge in [0, 0.05) is 24.0 Å². The molecule has 2 aromatic rings. The van der Waals surface area contributed by atoms with Crippen LogP contribution in [0, 0.1) is 5.92 Å². The van der Waals surface area contributed by atoms with Crippen molar-refractivity contribution in [3.63, 3.8) is 0 Å². The van der Waals surface area contributed by atoms with Crippen LogP contribution in [0.25, 0.3) is 5.69 Å². The van der Waals surface area contributed by atoms with E-state index in [-0.39, 0.29) is 12.7 Å². The Kier molecular flexibility index (Phi) is 6.04. The van der Waals surface area contributed by atoms with E-state index in [1.54, 1.807) is 0 Å². The van der Waals surface area contributed by atoms with Crippen LogP contribution in [0.15, 0.2) is 18.2 Å². The van der Waals surface area contributed by atoms with E-state index in [0.29, 0.717) is 17.9 Å². The lowest BCUT2D eigenvalue weighted by molar-refractivity contribution is -0.0151. The Morgan fingerprint density at radius 2 is 1.96 bits per heavy atom. The van der Waals surface area contributed by atoms with E-state index < -0.39 is 0 Å². The third-order valence-corrected chi connectivity index (χ3v) is 6.29. The molecule has 4 rings (SSSR count). The second-order valence-corrected chi connectivity index (χ2v) is 8.96. The summed E-state index contributed by atoms with van der Waals surface area (Å²) in [6, 6.07) is 6.12. The average Bonchev–Trinajstić information content (AvgIpc) is 2.99. The molecule has 1 unspecified atom stereocenters. The Hall–Kier alpha value is -1.43. The lowest BCUT2D eigenvalue weighted by atomic mass is 9.86. The first-order valence-electron chi connectivity index (χ1n) is 10.5. The maximum absolute atomic E-state index is 9.48. The van der Waals surface area contributed by atoms with Gasteiger partial charge in [0.2, 0.25) is 0 Å². The molecule has 0 bridgehead atoms. The summed E-state index contributed by atoms with van der Waals surface area (Å²) >= 11 is 6.30. The molecule has 1 aromatic heterocycles. The van der Waals surface area contributed by atoms with Gasteiger partial charge >= 0.3 is 0 Å². The van der Waals surface area contributed by atoms with Crippen molar-refractivity contribution in [2.75, 3.05) is 6.61 Å². The number of ether oxygens (including phenoxy) is 1. The number of aliphatic hydroxyl groups excluding tert-OH is 1. The molecule has 1 aliphatic heterocycles. The monoisotopic (exact) mass is 403 g/mol. The van der Waals surface area contributed by atoms with Crippen molar-refractivity contribution in [1.82, 2.24) is 14.8 Å². The number of fused-ring (bicyclic) bond motifs is 3. The maximum atomic E-state index is 9.48. The summed E-state index contributed by atoms with van der Waals surface area (Å²) in [6.45, 7) is 4.41. The van der Waals surface area contributed by atoms with E-state index >= 15 is 0 Å². The van der Waals surface area contributed by atoms with Crippen LogP contribution in [0.3, 0.4) is 0 Å². The lowest BCUT2D eigenvalue weighted by Gasteiger charge is -2.29. The van der Waals surface area contributed by atoms with Crippen molar-refractivity contribution in [3.8, 4) is 5.69 Å². The highest BCUT2D eigenvalue weighted by Crippen LogP contribution is 2.37. The molecule has 0 spiro atoms. The molecule has 1 fully saturated rings. The van der Waals surface area contributed by atoms with Crippen LogP contribution in [0.1, 0.15) is 69.1 Å². The summed E-state index contributed by atoms with van der Waals surface area (Å²) in [5.41, 5.74) is 2.38. The van der Waals surface area contributed by atoms with E-state index in [1.165, 1.54) is 5.56 Å². The van der Waals surface area contributed by atoms with Crippen molar-refractivity contribution >= 4 is 11.6 Å². The Bertz CT molecular complexity index is 812. The molecule has 28 heavy (non-hydrogen) atoms. The van der Waals surface area contributed by atoms with E-state index in [2.05, 4.69) is 40.7 Å². The standard InChI is InChI=1S/C22H30ClN3O2/c1-14(2)28-19-6-3-16(4-7-19)22-25-24-21-12-15(9-10-27)11-17-13-18(23)5-8-20(17)26(21)22/h5,8,13-16,19,27H,3-4,6-7,9-12H2,1-2H3/t15?,16-,19-. The van der Waals surface area contributed by atoms with Gasteiger partial charge in [0.25, 0.3) is 0 Å². The topological polar surface area (TPSA) is 60.2 Å². The first kappa shape index (κ1) is 19.9. The average molecular weight is 404 g/mol. The molecule has 152 valence electrons. The molecule has 1 saturated carbocycles. The van der Waals surface area contributed by atoms with Crippen LogP contribution >= 0.6 is 11.6 Å². The molecule has 2 aliphatic rings. The molecule has 0 radical (unpaired) electrons. The minimum absolute atomic E-state index is 0.196. The number of benzene rings is 1. The zero-order chi connectivity index (χ0) is 19.7. The van der Waals surface area contributed by atoms with Crippen molar-refractivity contribution in [2.45, 2.75) is 76.9 Å². The zero-order valence-electron chi connectivity index (χ0n) is 16.8. The summed E-state index contributed by atoms with van der Waals surface area (Å²) in [5, 5.41) is 19.5. The fraction of sp³-hybridized carbons (Fsp3) is 0.636. The van der Waals surface area contributed by atoms with Crippen LogP contribution < -0.4 is 0 Å². The SMILES string of the molecule is CC(C)O[C@H]1CC[C@H](c2nnc3n2-c2ccc(Cl)cc2CC(CCO)C3)CC1. The second kappa shape index (κ2) is 8.52. The maximum Gasteiger partial charge on any atom is 0.140 e. The van der Waals surface area contributed by atoms with E-state index in [0.717, 1.165) is 67.3 Å². The van der Waals surface area contributed by atoms with Gasteiger partial charge in [-0.05, 0) is 82.1 Å². The molecular weight excluding hydrogens is 374 g/mol. The Morgan fingerprint density at radius 3 is 2.68 bits per heavy atom. The van der Waals surface area contributed by atoms with Crippen molar-refractivity contribution in [1.29, 1.82) is 0 Å². The number of halogens is 1. The van der Waals surface area contributed by atoms with Gasteiger partial charge in [-0.1, -0.05) is 11.6 Å². The van der Waals surface area contributed by atoms with Crippen molar-refractivity contribution < 1.29 is 9.84 Å². The van der Waals surface area contributed by atoms with Crippen LogP contribution in [-0.4, -0.2) is 38.7 Å². The third-order valence-electron chi connectivity index (χ3n) is 6.06. The summed E-state index contributed by atoms with van der Waals surface area (Å²) in [6.07, 6.45) is 7.48. The molecule has 2 heterocycles. The first-order valence-corrected chi connectivity index (χ1v) is 10.9. The molecule has 1 aromatic carbocycles. The molecule has 1 atom stereocenters. The van der Waals surface area contributed by atoms with Gasteiger partial charge in [-0.2, -0.15) is 0 Å². The lowest BCUT2D eigenvalue weighted by Crippen LogP contribution is -2.25. The minimum Gasteiger partial charge on any atom is -0.396 e. The van der Waals surface area contributed by atoms with Crippen LogP contribution in [0.2, 0.25) is 5.02 Å². The highest BCUT2D eigenvalue weighted by Gasteiger charge is 2.31. The van der Waals surface area contributed by atoms with E-state index in [1.807, 2.05) is 6.07 Å². The summed E-state index contributed by atoms with van der Waals surface area (Å²) in [7, 11) is 0. The van der Waals surface area contributed by atoms with Gasteiger partial charge in [-0.3, -0.25) is 4.57 Å². The van der Waals surface area contributed by atoms with Crippen molar-refractivity contribution in [2.24, 2.45) is 5.92 Å². The Morgan fingerprint density at radius 1 is 1.18 bits per heavy atom. The highest BCUT2D eigenvalue weighted by atomic mass is 35.5. The van der Waals surface area contributed by atoms with Gasteiger partial charge in [0.1, 0.15) is 11.6 Å². The predicted octanol–water partition coefficient (Wildman–Crippen LogP) is 4.47. The number of hydrogen-bond acceptors (Lipinski definition) is 4. The molecule has 0 saturated heterocycles. The number of nitrogens with zero attached hydrogens (tertiary/aromatic N) is 3. The fourth-order valence-electron chi connectivity index (χ4n) is 4.80. The summed E-state index contributed by atoms with van der Waals surface area (Å²) < 4.78 is 8.29. The van der Waals surface area contributed by atoms with E-state index in [9.17, 15) is 5.11 Å². The van der Waals surface area contributed by atoms with Gasteiger partial charge < -0.3 is 9.84 Å². The van der Waals surface area contributed by atoms with Gasteiger partial charge in [0.05, 0.1) is 17.9 Å². The Balaban J connectivity index is 1.64. The van der Waals surface area contributed by atoms with Gasteiger partial charge in [0.15, 0.2) is 0 Å². The van der Waals surface area contributed by atoms with Crippen LogP contribution in [-0.2, 0) is 17.6 Å². The van der Waals surface area contributed by atoms with E-state index in [4.69, 9.17) is 16.3 Å². The first-order chi connectivity index (χ1) is 13.5. The second-order valence-electron chi connectivity index (χ2n) is 8.53. The summed E-state index contributed by atoms with van der Waals surface area (Å²) in [5.74, 6) is 2.85. The Labute approximate surface area is 172 Å². The molecule has 1 aliphatic carbocycles. The van der Waals surface area contributed by atoms with Crippen LogP contribution in [0.4, 0.5) is 0 Å². The molecule has 1 N–H and O–H groups in total. The summed E-state index contributed by atoms with van der Waals surface area (Å²) in [4.78, 5) is 0. The van der Waals surface area contributed by atoms with Crippen LogP contribution in [0.5, 0.6) is 0 Å². The molecule has 0 amide bonds. The molecule has 5 nitrogen and oxygen atoms in total. The van der Waals surface area contributed by atoms with Gasteiger partial charge in [-0.25, -0.2) is 0 Å². The number of rotatable bonds is 5. The predicted molar refractivity (Wildman–Crippen MR) is 110 cm³/mol. The highest BCUT2D eigenvalue weighted by molar-refractivity contribution is 6.30. The number of aliphatic hydroxyl groups is 1. The van der Waals surface area contributed by atoms with Gasteiger partial charge in [-0.15, -0.1) is 10.2 Å².